The molecule has 0 radical (unpaired) electrons. The number of nitrogen functional groups attached to an aromatic ring is 2. The third-order valence-corrected chi connectivity index (χ3v) is 8.43. The molecule has 0 saturated heterocycles. The first-order valence-electron chi connectivity index (χ1n) is 18.0. The molecule has 0 aliphatic heterocycles. The van der Waals surface area contributed by atoms with Crippen molar-refractivity contribution in [1.82, 2.24) is 0 Å². The zero-order valence-corrected chi connectivity index (χ0v) is 30.5. The van der Waals surface area contributed by atoms with Crippen molar-refractivity contribution in [2.45, 2.75) is 0 Å². The number of hydrogen-bond donors (Lipinski definition) is 2. The van der Waals surface area contributed by atoms with Crippen molar-refractivity contribution >= 4 is 11.4 Å². The van der Waals surface area contributed by atoms with Crippen LogP contribution in [0.15, 0.2) is 194 Å². The molecular weight excluding hydrogens is 717 g/mol. The van der Waals surface area contributed by atoms with Gasteiger partial charge < -0.3 is 44.6 Å². The van der Waals surface area contributed by atoms with E-state index in [0.29, 0.717) is 91.9 Å². The topological polar surface area (TPSA) is 117 Å². The molecule has 0 atom stereocenters. The first-order chi connectivity index (χ1) is 28.0. The Kier molecular flexibility index (Phi) is 10.7. The lowest BCUT2D eigenvalue weighted by Crippen LogP contribution is -1.94. The number of hydrogen-bond acceptors (Lipinski definition) is 9. The van der Waals surface area contributed by atoms with Crippen LogP contribution >= 0.6 is 0 Å². The number of anilines is 2. The van der Waals surface area contributed by atoms with E-state index in [0.717, 1.165) is 0 Å². The van der Waals surface area contributed by atoms with Gasteiger partial charge in [0.1, 0.15) is 46.0 Å². The molecule has 8 rings (SSSR count). The van der Waals surface area contributed by atoms with Crippen LogP contribution in [-0.2, 0) is 0 Å². The second-order valence-corrected chi connectivity index (χ2v) is 12.6. The Morgan fingerprint density at radius 1 is 0.193 bits per heavy atom. The van der Waals surface area contributed by atoms with E-state index in [9.17, 15) is 0 Å². The summed E-state index contributed by atoms with van der Waals surface area (Å²) >= 11 is 0. The van der Waals surface area contributed by atoms with Gasteiger partial charge >= 0.3 is 0 Å². The van der Waals surface area contributed by atoms with E-state index in [1.165, 1.54) is 0 Å². The SMILES string of the molecule is Nc1ccccc1Oc1ccccc1Oc1ccc(Oc2ccc(Oc3ccc(Oc4ccc(Oc5ccccc5Oc5ccccc5N)cc4)cc3)cc2)cc1. The summed E-state index contributed by atoms with van der Waals surface area (Å²) in [7, 11) is 0. The quantitative estimate of drug-likeness (QED) is 0.105. The number of benzene rings is 8. The van der Waals surface area contributed by atoms with Gasteiger partial charge in [0.25, 0.3) is 0 Å². The molecule has 0 aliphatic rings. The standard InChI is InChI=1S/C48H36N2O7/c49-41-9-1-3-11-43(41)56-47-15-7-5-13-45(47)54-39-29-25-37(26-30-39)52-35-21-17-33(18-22-35)51-34-19-23-36(24-20-34)53-38-27-31-40(32-28-38)55-46-14-6-8-16-48(46)57-44-12-4-2-10-42(44)50/h1-32H,49-50H2. The molecule has 0 amide bonds. The minimum Gasteiger partial charge on any atom is -0.457 e. The van der Waals surface area contributed by atoms with E-state index < -0.39 is 0 Å². The summed E-state index contributed by atoms with van der Waals surface area (Å²) < 4.78 is 42.5. The second-order valence-electron chi connectivity index (χ2n) is 12.6. The van der Waals surface area contributed by atoms with Gasteiger partial charge in [-0.25, -0.2) is 0 Å². The minimum absolute atomic E-state index is 0.543. The van der Waals surface area contributed by atoms with Gasteiger partial charge in [-0.15, -0.1) is 0 Å². The van der Waals surface area contributed by atoms with Crippen LogP contribution in [0.25, 0.3) is 0 Å². The summed E-state index contributed by atoms with van der Waals surface area (Å²) in [5.41, 5.74) is 13.2. The average Bonchev–Trinajstić information content (AvgIpc) is 3.24. The first kappa shape index (κ1) is 36.0. The molecule has 0 aliphatic carbocycles. The summed E-state index contributed by atoms with van der Waals surface area (Å²) in [6.07, 6.45) is 0. The molecule has 0 spiro atoms. The van der Waals surface area contributed by atoms with Crippen molar-refractivity contribution in [2.24, 2.45) is 0 Å². The number of rotatable bonds is 14. The highest BCUT2D eigenvalue weighted by Crippen LogP contribution is 2.39. The molecule has 280 valence electrons. The molecule has 0 heterocycles. The van der Waals surface area contributed by atoms with Gasteiger partial charge in [0.15, 0.2) is 34.5 Å². The molecule has 8 aromatic rings. The fourth-order valence-electron chi connectivity index (χ4n) is 5.59. The van der Waals surface area contributed by atoms with E-state index >= 15 is 0 Å². The van der Waals surface area contributed by atoms with E-state index in [4.69, 9.17) is 44.6 Å². The van der Waals surface area contributed by atoms with Gasteiger partial charge in [-0.2, -0.15) is 0 Å². The van der Waals surface area contributed by atoms with Crippen molar-refractivity contribution in [1.29, 1.82) is 0 Å². The molecule has 4 N–H and O–H groups in total. The Hall–Kier alpha value is -8.04. The van der Waals surface area contributed by atoms with E-state index in [1.54, 1.807) is 12.1 Å². The van der Waals surface area contributed by atoms with Crippen LogP contribution in [0.3, 0.4) is 0 Å². The molecular formula is C48H36N2O7. The molecule has 0 saturated carbocycles. The Labute approximate surface area is 329 Å². The lowest BCUT2D eigenvalue weighted by atomic mass is 10.2. The molecule has 0 fully saturated rings. The second kappa shape index (κ2) is 17.0. The predicted molar refractivity (Wildman–Crippen MR) is 221 cm³/mol. The van der Waals surface area contributed by atoms with Crippen molar-refractivity contribution in [2.75, 3.05) is 11.5 Å². The molecule has 0 unspecified atom stereocenters. The maximum atomic E-state index is 6.12. The molecule has 0 aromatic heterocycles. The Balaban J connectivity index is 0.820. The van der Waals surface area contributed by atoms with Crippen LogP contribution in [0.1, 0.15) is 0 Å². The normalized spacial score (nSPS) is 10.6. The predicted octanol–water partition coefficient (Wildman–Crippen LogP) is 13.4. The maximum Gasteiger partial charge on any atom is 0.170 e. The fraction of sp³-hybridized carbons (Fsp3) is 0. The summed E-state index contributed by atoms with van der Waals surface area (Å²) in [4.78, 5) is 0. The Morgan fingerprint density at radius 2 is 0.386 bits per heavy atom. The largest absolute Gasteiger partial charge is 0.457 e. The smallest absolute Gasteiger partial charge is 0.170 e. The van der Waals surface area contributed by atoms with Crippen molar-refractivity contribution in [3.63, 3.8) is 0 Å². The molecule has 8 aromatic carbocycles. The van der Waals surface area contributed by atoms with Crippen LogP contribution in [-0.4, -0.2) is 0 Å². The minimum atomic E-state index is 0.543. The Morgan fingerprint density at radius 3 is 0.632 bits per heavy atom. The van der Waals surface area contributed by atoms with Crippen molar-refractivity contribution < 1.29 is 33.2 Å². The monoisotopic (exact) mass is 752 g/mol. The third kappa shape index (κ3) is 9.37. The van der Waals surface area contributed by atoms with Gasteiger partial charge in [0.2, 0.25) is 0 Å². The third-order valence-electron chi connectivity index (χ3n) is 8.43. The van der Waals surface area contributed by atoms with Crippen LogP contribution in [0.2, 0.25) is 0 Å². The van der Waals surface area contributed by atoms with Gasteiger partial charge in [0.05, 0.1) is 11.4 Å². The fourth-order valence-corrected chi connectivity index (χ4v) is 5.59. The van der Waals surface area contributed by atoms with E-state index in [2.05, 4.69) is 0 Å². The highest BCUT2D eigenvalue weighted by atomic mass is 16.5. The zero-order valence-electron chi connectivity index (χ0n) is 30.5. The highest BCUT2D eigenvalue weighted by molar-refractivity contribution is 5.57. The zero-order chi connectivity index (χ0) is 38.8. The van der Waals surface area contributed by atoms with Crippen LogP contribution in [0, 0.1) is 0 Å². The Bertz CT molecular complexity index is 2380. The molecule has 0 bridgehead atoms. The number of nitrogens with two attached hydrogens (primary N) is 2. The summed E-state index contributed by atoms with van der Waals surface area (Å²) in [5, 5.41) is 0. The lowest BCUT2D eigenvalue weighted by Gasteiger charge is -2.14. The maximum absolute atomic E-state index is 6.12. The lowest BCUT2D eigenvalue weighted by molar-refractivity contribution is 0.418. The van der Waals surface area contributed by atoms with Crippen LogP contribution in [0.4, 0.5) is 11.4 Å². The van der Waals surface area contributed by atoms with Gasteiger partial charge in [0, 0.05) is 0 Å². The van der Waals surface area contributed by atoms with E-state index in [1.807, 2.05) is 182 Å². The van der Waals surface area contributed by atoms with E-state index in [-0.39, 0.29) is 0 Å². The summed E-state index contributed by atoms with van der Waals surface area (Å²) in [6, 6.07) is 59.0. The van der Waals surface area contributed by atoms with Crippen LogP contribution in [0.5, 0.6) is 80.5 Å². The van der Waals surface area contributed by atoms with Gasteiger partial charge in [-0.3, -0.25) is 0 Å². The number of ether oxygens (including phenoxy) is 7. The molecule has 9 nitrogen and oxygen atoms in total. The number of para-hydroxylation sites is 8. The highest BCUT2D eigenvalue weighted by Gasteiger charge is 2.11. The molecule has 57 heavy (non-hydrogen) atoms. The summed E-state index contributed by atoms with van der Waals surface area (Å²) in [6.45, 7) is 0. The first-order valence-corrected chi connectivity index (χ1v) is 18.0. The van der Waals surface area contributed by atoms with Crippen LogP contribution < -0.4 is 44.6 Å². The van der Waals surface area contributed by atoms with Crippen molar-refractivity contribution in [3.05, 3.63) is 194 Å². The van der Waals surface area contributed by atoms with Gasteiger partial charge in [-0.1, -0.05) is 48.5 Å². The van der Waals surface area contributed by atoms with Gasteiger partial charge in [-0.05, 0) is 146 Å². The summed E-state index contributed by atoms with van der Waals surface area (Å²) in [5.74, 6) is 8.54. The van der Waals surface area contributed by atoms with Crippen molar-refractivity contribution in [3.8, 4) is 80.5 Å². The molecule has 9 heteroatoms. The average molecular weight is 753 g/mol.